The summed E-state index contributed by atoms with van der Waals surface area (Å²) >= 11 is 0. The van der Waals surface area contributed by atoms with E-state index in [4.69, 9.17) is 5.11 Å². The molecule has 0 aliphatic rings. The van der Waals surface area contributed by atoms with Crippen LogP contribution in [0.2, 0.25) is 0 Å². The molecule has 0 amide bonds. The molecule has 0 aromatic carbocycles. The van der Waals surface area contributed by atoms with Gasteiger partial charge in [-0.2, -0.15) is 0 Å². The van der Waals surface area contributed by atoms with E-state index in [-0.39, 0.29) is 18.2 Å². The lowest BCUT2D eigenvalue weighted by Gasteiger charge is -1.73. The van der Waals surface area contributed by atoms with E-state index >= 15 is 0 Å². The van der Waals surface area contributed by atoms with Gasteiger partial charge in [-0.05, 0) is 0 Å². The number of nitrogens with two attached hydrogens (primary N) is 1. The number of aliphatic carboxylic acids is 1. The molecule has 0 rings (SSSR count). The van der Waals surface area contributed by atoms with E-state index in [0.29, 0.717) is 0 Å². The highest BCUT2D eigenvalue weighted by Gasteiger charge is 1.81. The number of carboxylic acid groups (broad SMARTS) is 1. The Hall–Kier alpha value is -0.650. The van der Waals surface area contributed by atoms with Gasteiger partial charge in [0, 0.05) is 0 Å². The number of rotatable bonds is 1. The molecule has 46 valence electrons. The second kappa shape index (κ2) is 9.02. The Balaban J connectivity index is -0.0000000800. The average molecular weight is 110 g/mol. The Labute approximate surface area is 41.0 Å². The molecule has 0 radical (unpaired) electrons. The highest BCUT2D eigenvalue weighted by atomic mass is 16.4. The third-order valence-electron chi connectivity index (χ3n) is 0.175. The van der Waals surface area contributed by atoms with Crippen molar-refractivity contribution in [1.29, 1.82) is 0 Å². The van der Waals surface area contributed by atoms with Gasteiger partial charge in [-0.3, -0.25) is 4.79 Å². The van der Waals surface area contributed by atoms with Crippen LogP contribution < -0.4 is 11.9 Å². The van der Waals surface area contributed by atoms with Crippen LogP contribution in [0.5, 0.6) is 0 Å². The van der Waals surface area contributed by atoms with E-state index in [0.717, 1.165) is 0 Å². The molecule has 0 fully saturated rings. The van der Waals surface area contributed by atoms with Gasteiger partial charge in [-0.1, -0.05) is 0 Å². The Morgan fingerprint density at radius 1 is 1.71 bits per heavy atom. The van der Waals surface area contributed by atoms with Crippen molar-refractivity contribution in [2.24, 2.45) is 5.73 Å². The van der Waals surface area contributed by atoms with Crippen molar-refractivity contribution < 1.29 is 15.4 Å². The Morgan fingerprint density at radius 3 is 1.86 bits per heavy atom. The molecule has 0 spiro atoms. The summed E-state index contributed by atoms with van der Waals surface area (Å²) in [7, 11) is 0. The molecule has 0 saturated carbocycles. The number of carboxylic acids is 1. The topological polar surface area (TPSA) is 130 Å². The molecule has 0 aromatic heterocycles. The maximum absolute atomic E-state index is 9.24. The fourth-order valence-corrected chi connectivity index (χ4v) is 0. The monoisotopic (exact) mass is 110 g/mol. The predicted molar refractivity (Wildman–Crippen MR) is 25.3 cm³/mol. The smallest absolute Gasteiger partial charge is 0.317 e. The van der Waals surface area contributed by atoms with Crippen LogP contribution in [0.1, 0.15) is 0 Å². The van der Waals surface area contributed by atoms with Gasteiger partial charge >= 0.3 is 5.97 Å². The van der Waals surface area contributed by atoms with Gasteiger partial charge in [-0.15, -0.1) is 0 Å². The minimum atomic E-state index is -0.968. The molecule has 0 heterocycles. The van der Waals surface area contributed by atoms with Crippen LogP contribution in [0.15, 0.2) is 0 Å². The molecule has 0 unspecified atom stereocenters. The van der Waals surface area contributed by atoms with Crippen molar-refractivity contribution in [2.75, 3.05) is 6.54 Å². The quantitative estimate of drug-likeness (QED) is 0.374. The van der Waals surface area contributed by atoms with Crippen LogP contribution in [0.3, 0.4) is 0 Å². The van der Waals surface area contributed by atoms with Crippen LogP contribution in [-0.4, -0.2) is 23.1 Å². The van der Waals surface area contributed by atoms with E-state index in [1.807, 2.05) is 0 Å². The zero-order valence-electron chi connectivity index (χ0n) is 3.85. The van der Waals surface area contributed by atoms with Gasteiger partial charge in [0.2, 0.25) is 0 Å². The standard InChI is InChI=1S/C2H5NO2.H3N.H2O/c3-1-2(4)5;;/h1,3H2,(H,4,5);1H3;1H2. The van der Waals surface area contributed by atoms with Gasteiger partial charge in [0.1, 0.15) is 0 Å². The van der Waals surface area contributed by atoms with Gasteiger partial charge in [0.25, 0.3) is 0 Å². The first-order valence-corrected chi connectivity index (χ1v) is 1.19. The molecule has 0 atom stereocenters. The summed E-state index contributed by atoms with van der Waals surface area (Å²) in [5.41, 5.74) is 4.57. The van der Waals surface area contributed by atoms with Crippen LogP contribution in [0, 0.1) is 0 Å². The Morgan fingerprint density at radius 2 is 1.86 bits per heavy atom. The number of hydrogen-bond acceptors (Lipinski definition) is 3. The summed E-state index contributed by atoms with van der Waals surface area (Å²) in [6.45, 7) is -0.278. The number of hydrogen-bond donors (Lipinski definition) is 3. The summed E-state index contributed by atoms with van der Waals surface area (Å²) < 4.78 is 0. The molecular formula is C2H10N2O3. The highest BCUT2D eigenvalue weighted by Crippen LogP contribution is 1.43. The largest absolute Gasteiger partial charge is 0.480 e. The maximum atomic E-state index is 9.24. The van der Waals surface area contributed by atoms with Gasteiger partial charge in [0.15, 0.2) is 0 Å². The molecule has 5 nitrogen and oxygen atoms in total. The van der Waals surface area contributed by atoms with Crippen LogP contribution in [-0.2, 0) is 4.79 Å². The molecular weight excluding hydrogens is 100 g/mol. The molecule has 5 heteroatoms. The fourth-order valence-electron chi connectivity index (χ4n) is 0. The summed E-state index contributed by atoms with van der Waals surface area (Å²) in [5, 5.41) is 7.60. The molecule has 0 aliphatic carbocycles. The molecule has 0 saturated heterocycles. The van der Waals surface area contributed by atoms with Crippen molar-refractivity contribution in [3.8, 4) is 0 Å². The molecule has 7 heavy (non-hydrogen) atoms. The van der Waals surface area contributed by atoms with Gasteiger partial charge in [-0.25, -0.2) is 0 Å². The second-order valence-electron chi connectivity index (χ2n) is 0.598. The predicted octanol–water partition coefficient (Wildman–Crippen LogP) is -1.63. The van der Waals surface area contributed by atoms with E-state index < -0.39 is 5.97 Å². The zero-order chi connectivity index (χ0) is 4.28. The SMILES string of the molecule is N.NCC(=O)O.O. The summed E-state index contributed by atoms with van der Waals surface area (Å²) in [6.07, 6.45) is 0. The summed E-state index contributed by atoms with van der Waals surface area (Å²) in [4.78, 5) is 9.24. The Bertz CT molecular complexity index is 46.2. The van der Waals surface area contributed by atoms with Crippen molar-refractivity contribution in [3.05, 3.63) is 0 Å². The first-order valence-electron chi connectivity index (χ1n) is 1.19. The minimum Gasteiger partial charge on any atom is -0.480 e. The van der Waals surface area contributed by atoms with E-state index in [1.165, 1.54) is 0 Å². The minimum absolute atomic E-state index is 0. The number of carbonyl (C=O) groups is 1. The zero-order valence-corrected chi connectivity index (χ0v) is 3.85. The fraction of sp³-hybridized carbons (Fsp3) is 0.500. The maximum Gasteiger partial charge on any atom is 0.317 e. The summed E-state index contributed by atoms with van der Waals surface area (Å²) in [5.74, 6) is -0.968. The van der Waals surface area contributed by atoms with Crippen molar-refractivity contribution in [2.45, 2.75) is 0 Å². The van der Waals surface area contributed by atoms with E-state index in [9.17, 15) is 4.79 Å². The molecule has 0 aromatic rings. The molecule has 0 bridgehead atoms. The van der Waals surface area contributed by atoms with Crippen LogP contribution in [0.25, 0.3) is 0 Å². The van der Waals surface area contributed by atoms with Crippen molar-refractivity contribution >= 4 is 5.97 Å². The normalized spacial score (nSPS) is 5.29. The van der Waals surface area contributed by atoms with Crippen molar-refractivity contribution in [3.63, 3.8) is 0 Å². The van der Waals surface area contributed by atoms with Gasteiger partial charge in [0.05, 0.1) is 6.54 Å². The van der Waals surface area contributed by atoms with E-state index in [1.54, 1.807) is 0 Å². The van der Waals surface area contributed by atoms with E-state index in [2.05, 4.69) is 5.73 Å². The average Bonchev–Trinajstić information content (AvgIpc) is 1.38. The van der Waals surface area contributed by atoms with Crippen LogP contribution in [0.4, 0.5) is 0 Å². The Kier molecular flexibility index (Phi) is 20.9. The lowest BCUT2D eigenvalue weighted by atomic mass is 10.7. The third-order valence-corrected chi connectivity index (χ3v) is 0.175. The lowest BCUT2D eigenvalue weighted by Crippen LogP contribution is -2.10. The first kappa shape index (κ1) is 16.2. The summed E-state index contributed by atoms with van der Waals surface area (Å²) in [6, 6.07) is 0. The van der Waals surface area contributed by atoms with Crippen molar-refractivity contribution in [1.82, 2.24) is 6.15 Å². The third kappa shape index (κ3) is 32.9. The first-order chi connectivity index (χ1) is 2.27. The van der Waals surface area contributed by atoms with Crippen LogP contribution >= 0.6 is 0 Å². The molecule has 0 aliphatic heterocycles. The lowest BCUT2D eigenvalue weighted by molar-refractivity contribution is -0.135. The van der Waals surface area contributed by atoms with Gasteiger partial charge < -0.3 is 22.5 Å². The second-order valence-corrected chi connectivity index (χ2v) is 0.598. The molecule has 8 N–H and O–H groups in total. The highest BCUT2D eigenvalue weighted by molar-refractivity contribution is 5.68.